The van der Waals surface area contributed by atoms with Crippen molar-refractivity contribution in [2.24, 2.45) is 0 Å². The standard InChI is InChI=1S/C14H15NO4/c1-17-8-9-6-7-12(19-9)13(16)10-4-3-5-11(15)14(10)18-2/h3-7H,8,15H2,1-2H3. The van der Waals surface area contributed by atoms with Crippen LogP contribution in [0, 0.1) is 0 Å². The van der Waals surface area contributed by atoms with Gasteiger partial charge in [0, 0.05) is 7.11 Å². The van der Waals surface area contributed by atoms with E-state index in [1.807, 2.05) is 0 Å². The lowest BCUT2D eigenvalue weighted by Gasteiger charge is -2.08. The molecule has 0 amide bonds. The quantitative estimate of drug-likeness (QED) is 0.660. The summed E-state index contributed by atoms with van der Waals surface area (Å²) < 4.78 is 15.5. The molecule has 5 nitrogen and oxygen atoms in total. The number of methoxy groups -OCH3 is 2. The van der Waals surface area contributed by atoms with Crippen LogP contribution in [0.1, 0.15) is 21.9 Å². The van der Waals surface area contributed by atoms with E-state index < -0.39 is 0 Å². The fourth-order valence-electron chi connectivity index (χ4n) is 1.81. The van der Waals surface area contributed by atoms with E-state index in [1.165, 1.54) is 7.11 Å². The van der Waals surface area contributed by atoms with Crippen LogP contribution < -0.4 is 10.5 Å². The fourth-order valence-corrected chi connectivity index (χ4v) is 1.81. The van der Waals surface area contributed by atoms with Crippen molar-refractivity contribution in [2.75, 3.05) is 20.0 Å². The number of carbonyl (C=O) groups excluding carboxylic acids is 1. The van der Waals surface area contributed by atoms with E-state index in [0.717, 1.165) is 0 Å². The second-order valence-electron chi connectivity index (χ2n) is 3.96. The summed E-state index contributed by atoms with van der Waals surface area (Å²) in [5.74, 6) is 0.911. The smallest absolute Gasteiger partial charge is 0.231 e. The molecule has 0 saturated carbocycles. The number of anilines is 1. The number of nitrogen functional groups attached to an aromatic ring is 1. The minimum absolute atomic E-state index is 0.232. The Kier molecular flexibility index (Phi) is 3.87. The molecule has 5 heteroatoms. The van der Waals surface area contributed by atoms with Gasteiger partial charge in [-0.15, -0.1) is 0 Å². The first-order valence-electron chi connectivity index (χ1n) is 5.72. The van der Waals surface area contributed by atoms with Crippen molar-refractivity contribution in [3.05, 3.63) is 47.4 Å². The summed E-state index contributed by atoms with van der Waals surface area (Å²) in [5.41, 5.74) is 6.56. The molecule has 0 radical (unpaired) electrons. The summed E-state index contributed by atoms with van der Waals surface area (Å²) in [6.07, 6.45) is 0. The summed E-state index contributed by atoms with van der Waals surface area (Å²) in [6.45, 7) is 0.321. The lowest BCUT2D eigenvalue weighted by atomic mass is 10.1. The topological polar surface area (TPSA) is 74.7 Å². The van der Waals surface area contributed by atoms with E-state index >= 15 is 0 Å². The number of rotatable bonds is 5. The molecule has 19 heavy (non-hydrogen) atoms. The summed E-state index contributed by atoms with van der Waals surface area (Å²) in [6, 6.07) is 8.34. The minimum atomic E-state index is -0.272. The van der Waals surface area contributed by atoms with Crippen LogP contribution >= 0.6 is 0 Å². The number of nitrogens with two attached hydrogens (primary N) is 1. The van der Waals surface area contributed by atoms with E-state index in [1.54, 1.807) is 37.4 Å². The summed E-state index contributed by atoms with van der Waals surface area (Å²) in [4.78, 5) is 12.3. The van der Waals surface area contributed by atoms with Crippen molar-refractivity contribution in [1.82, 2.24) is 0 Å². The molecule has 0 fully saturated rings. The Morgan fingerprint density at radius 2 is 2.05 bits per heavy atom. The molecule has 0 atom stereocenters. The third kappa shape index (κ3) is 2.61. The van der Waals surface area contributed by atoms with Gasteiger partial charge < -0.3 is 19.6 Å². The molecule has 0 aliphatic heterocycles. The molecule has 1 aromatic heterocycles. The SMILES string of the molecule is COCc1ccc(C(=O)c2cccc(N)c2OC)o1. The van der Waals surface area contributed by atoms with Crippen LogP contribution in [0.3, 0.4) is 0 Å². The zero-order valence-electron chi connectivity index (χ0n) is 10.8. The number of para-hydroxylation sites is 1. The number of hydrogen-bond acceptors (Lipinski definition) is 5. The van der Waals surface area contributed by atoms with Gasteiger partial charge in [0.2, 0.25) is 5.78 Å². The second-order valence-corrected chi connectivity index (χ2v) is 3.96. The molecule has 0 aliphatic rings. The average Bonchev–Trinajstić information content (AvgIpc) is 2.86. The molecule has 0 aliphatic carbocycles. The highest BCUT2D eigenvalue weighted by Gasteiger charge is 2.19. The largest absolute Gasteiger partial charge is 0.494 e. The highest BCUT2D eigenvalue weighted by atomic mass is 16.5. The highest BCUT2D eigenvalue weighted by Crippen LogP contribution is 2.28. The van der Waals surface area contributed by atoms with Gasteiger partial charge in [-0.25, -0.2) is 0 Å². The third-order valence-corrected chi connectivity index (χ3v) is 2.67. The fraction of sp³-hybridized carbons (Fsp3) is 0.214. The number of ether oxygens (including phenoxy) is 2. The lowest BCUT2D eigenvalue weighted by molar-refractivity contribution is 0.0997. The van der Waals surface area contributed by atoms with Crippen molar-refractivity contribution >= 4 is 11.5 Å². The van der Waals surface area contributed by atoms with Gasteiger partial charge in [-0.3, -0.25) is 4.79 Å². The van der Waals surface area contributed by atoms with E-state index in [-0.39, 0.29) is 11.5 Å². The van der Waals surface area contributed by atoms with E-state index in [4.69, 9.17) is 19.6 Å². The Bertz CT molecular complexity index is 589. The minimum Gasteiger partial charge on any atom is -0.494 e. The molecule has 2 aromatic rings. The Morgan fingerprint density at radius 1 is 1.26 bits per heavy atom. The number of ketones is 1. The van der Waals surface area contributed by atoms with Crippen LogP contribution in [0.4, 0.5) is 5.69 Å². The lowest BCUT2D eigenvalue weighted by Crippen LogP contribution is -2.05. The first-order chi connectivity index (χ1) is 9.17. The number of carbonyl (C=O) groups is 1. The predicted molar refractivity (Wildman–Crippen MR) is 70.3 cm³/mol. The van der Waals surface area contributed by atoms with E-state index in [9.17, 15) is 4.79 Å². The maximum atomic E-state index is 12.3. The molecule has 100 valence electrons. The second kappa shape index (κ2) is 5.58. The van der Waals surface area contributed by atoms with Crippen LogP contribution in [0.2, 0.25) is 0 Å². The van der Waals surface area contributed by atoms with E-state index in [2.05, 4.69) is 0 Å². The van der Waals surface area contributed by atoms with Crippen LogP contribution in [0.25, 0.3) is 0 Å². The van der Waals surface area contributed by atoms with Crippen molar-refractivity contribution in [3.63, 3.8) is 0 Å². The van der Waals surface area contributed by atoms with Gasteiger partial charge in [0.1, 0.15) is 12.4 Å². The van der Waals surface area contributed by atoms with Gasteiger partial charge in [0.25, 0.3) is 0 Å². The first kappa shape index (κ1) is 13.2. The predicted octanol–water partition coefficient (Wildman–Crippen LogP) is 2.25. The van der Waals surface area contributed by atoms with Crippen LogP contribution in [0.15, 0.2) is 34.7 Å². The molecule has 1 heterocycles. The third-order valence-electron chi connectivity index (χ3n) is 2.67. The van der Waals surface area contributed by atoms with Crippen LogP contribution in [-0.2, 0) is 11.3 Å². The number of furan rings is 1. The molecular weight excluding hydrogens is 246 g/mol. The number of hydrogen-bond donors (Lipinski definition) is 1. The number of benzene rings is 1. The zero-order chi connectivity index (χ0) is 13.8. The molecule has 0 saturated heterocycles. The molecule has 0 bridgehead atoms. The maximum Gasteiger partial charge on any atom is 0.231 e. The molecule has 1 aromatic carbocycles. The molecule has 2 N–H and O–H groups in total. The molecule has 0 unspecified atom stereocenters. The molecular formula is C14H15NO4. The van der Waals surface area contributed by atoms with Crippen molar-refractivity contribution in [1.29, 1.82) is 0 Å². The van der Waals surface area contributed by atoms with Gasteiger partial charge in [-0.05, 0) is 24.3 Å². The van der Waals surface area contributed by atoms with Crippen molar-refractivity contribution in [2.45, 2.75) is 6.61 Å². The van der Waals surface area contributed by atoms with Crippen molar-refractivity contribution < 1.29 is 18.7 Å². The Balaban J connectivity index is 2.35. The Labute approximate surface area is 110 Å². The van der Waals surface area contributed by atoms with E-state index in [0.29, 0.717) is 29.4 Å². The highest BCUT2D eigenvalue weighted by molar-refractivity contribution is 6.09. The van der Waals surface area contributed by atoms with Gasteiger partial charge in [0.15, 0.2) is 11.5 Å². The summed E-state index contributed by atoms with van der Waals surface area (Å²) in [7, 11) is 3.03. The van der Waals surface area contributed by atoms with Gasteiger partial charge in [0.05, 0.1) is 18.4 Å². The van der Waals surface area contributed by atoms with Gasteiger partial charge in [-0.1, -0.05) is 6.07 Å². The van der Waals surface area contributed by atoms with Crippen molar-refractivity contribution in [3.8, 4) is 5.75 Å². The zero-order valence-corrected chi connectivity index (χ0v) is 10.8. The van der Waals surface area contributed by atoms with Crippen LogP contribution in [-0.4, -0.2) is 20.0 Å². The Hall–Kier alpha value is -2.27. The monoisotopic (exact) mass is 261 g/mol. The Morgan fingerprint density at radius 3 is 2.74 bits per heavy atom. The summed E-state index contributed by atoms with van der Waals surface area (Å²) >= 11 is 0. The van der Waals surface area contributed by atoms with Gasteiger partial charge >= 0.3 is 0 Å². The maximum absolute atomic E-state index is 12.3. The van der Waals surface area contributed by atoms with Gasteiger partial charge in [-0.2, -0.15) is 0 Å². The summed E-state index contributed by atoms with van der Waals surface area (Å²) in [5, 5.41) is 0. The normalized spacial score (nSPS) is 10.4. The average molecular weight is 261 g/mol. The molecule has 2 rings (SSSR count). The van der Waals surface area contributed by atoms with Crippen LogP contribution in [0.5, 0.6) is 5.75 Å². The molecule has 0 spiro atoms. The first-order valence-corrected chi connectivity index (χ1v) is 5.72.